The van der Waals surface area contributed by atoms with Crippen LogP contribution in [-0.2, 0) is 13.0 Å². The number of benzene rings is 1. The van der Waals surface area contributed by atoms with Gasteiger partial charge in [-0.3, -0.25) is 4.79 Å². The molecule has 0 amide bonds. The zero-order valence-electron chi connectivity index (χ0n) is 10.0. The van der Waals surface area contributed by atoms with E-state index in [4.69, 9.17) is 0 Å². The Morgan fingerprint density at radius 2 is 1.94 bits per heavy atom. The minimum Gasteiger partial charge on any atom is -0.312 e. The number of aromatic nitrogens is 1. The molecule has 1 aromatic heterocycles. The molecule has 0 saturated heterocycles. The van der Waals surface area contributed by atoms with Crippen molar-refractivity contribution in [2.24, 2.45) is 0 Å². The number of carbonyl (C=O) groups excluding carboxylic acids is 1. The lowest BCUT2D eigenvalue weighted by Gasteiger charge is -2.16. The van der Waals surface area contributed by atoms with Crippen LogP contribution >= 0.6 is 0 Å². The van der Waals surface area contributed by atoms with Crippen molar-refractivity contribution in [2.45, 2.75) is 13.0 Å². The highest BCUT2D eigenvalue weighted by Crippen LogP contribution is 2.14. The molecule has 3 nitrogen and oxygen atoms in total. The predicted octanol–water partition coefficient (Wildman–Crippen LogP) is 1.96. The Morgan fingerprint density at radius 1 is 1.11 bits per heavy atom. The summed E-state index contributed by atoms with van der Waals surface area (Å²) in [4.78, 5) is 16.8. The van der Waals surface area contributed by atoms with Crippen LogP contribution in [0.2, 0.25) is 0 Å². The zero-order valence-corrected chi connectivity index (χ0v) is 10.0. The van der Waals surface area contributed by atoms with E-state index in [2.05, 4.69) is 10.3 Å². The molecule has 1 aromatic carbocycles. The van der Waals surface area contributed by atoms with Gasteiger partial charge in [-0.2, -0.15) is 0 Å². The fraction of sp³-hybridized carbons (Fsp3) is 0.200. The lowest BCUT2D eigenvalue weighted by molar-refractivity contribution is 0.103. The van der Waals surface area contributed by atoms with E-state index in [9.17, 15) is 4.79 Å². The van der Waals surface area contributed by atoms with Crippen molar-refractivity contribution in [2.75, 3.05) is 6.54 Å². The summed E-state index contributed by atoms with van der Waals surface area (Å²) >= 11 is 0. The van der Waals surface area contributed by atoms with Crippen molar-refractivity contribution in [3.63, 3.8) is 0 Å². The second kappa shape index (κ2) is 4.70. The molecule has 0 saturated carbocycles. The molecule has 0 radical (unpaired) electrons. The van der Waals surface area contributed by atoms with Crippen molar-refractivity contribution >= 4 is 5.78 Å². The minimum absolute atomic E-state index is 0.00284. The van der Waals surface area contributed by atoms with Crippen LogP contribution in [0.25, 0.3) is 0 Å². The summed E-state index contributed by atoms with van der Waals surface area (Å²) in [6.45, 7) is 1.78. The molecule has 1 aliphatic heterocycles. The number of hydrogen-bond acceptors (Lipinski definition) is 3. The molecule has 90 valence electrons. The lowest BCUT2D eigenvalue weighted by atomic mass is 10.0. The fourth-order valence-corrected chi connectivity index (χ4v) is 2.20. The number of fused-ring (bicyclic) bond motifs is 1. The van der Waals surface area contributed by atoms with Crippen LogP contribution in [0.4, 0.5) is 0 Å². The molecule has 0 fully saturated rings. The summed E-state index contributed by atoms with van der Waals surface area (Å²) in [5.74, 6) is -0.00284. The van der Waals surface area contributed by atoms with Gasteiger partial charge >= 0.3 is 0 Å². The quantitative estimate of drug-likeness (QED) is 0.813. The topological polar surface area (TPSA) is 42.0 Å². The van der Waals surface area contributed by atoms with Crippen molar-refractivity contribution in [3.8, 4) is 0 Å². The molecule has 0 spiro atoms. The molecular formula is C15H14N2O. The molecule has 2 aromatic rings. The van der Waals surface area contributed by atoms with Crippen LogP contribution in [0.1, 0.15) is 27.3 Å². The minimum atomic E-state index is -0.00284. The zero-order chi connectivity index (χ0) is 12.4. The molecular weight excluding hydrogens is 224 g/mol. The summed E-state index contributed by atoms with van der Waals surface area (Å²) in [6.07, 6.45) is 0.894. The Morgan fingerprint density at radius 3 is 2.78 bits per heavy atom. The summed E-state index contributed by atoms with van der Waals surface area (Å²) in [7, 11) is 0. The summed E-state index contributed by atoms with van der Waals surface area (Å²) in [5, 5.41) is 3.30. The van der Waals surface area contributed by atoms with Gasteiger partial charge in [0.25, 0.3) is 0 Å². The van der Waals surface area contributed by atoms with Crippen molar-refractivity contribution in [1.29, 1.82) is 0 Å². The maximum absolute atomic E-state index is 12.3. The van der Waals surface area contributed by atoms with Crippen LogP contribution in [0.15, 0.2) is 42.5 Å². The fourth-order valence-electron chi connectivity index (χ4n) is 2.20. The van der Waals surface area contributed by atoms with Gasteiger partial charge in [-0.25, -0.2) is 4.98 Å². The van der Waals surface area contributed by atoms with Gasteiger partial charge in [0.15, 0.2) is 0 Å². The van der Waals surface area contributed by atoms with Crippen LogP contribution in [0.5, 0.6) is 0 Å². The van der Waals surface area contributed by atoms with Gasteiger partial charge in [0.2, 0.25) is 5.78 Å². The Kier molecular flexibility index (Phi) is 2.90. The van der Waals surface area contributed by atoms with Crippen LogP contribution in [-0.4, -0.2) is 17.3 Å². The van der Waals surface area contributed by atoms with Crippen molar-refractivity contribution in [3.05, 3.63) is 65.0 Å². The molecule has 3 rings (SSSR count). The Balaban J connectivity index is 1.95. The van der Waals surface area contributed by atoms with E-state index in [1.807, 2.05) is 42.5 Å². The number of pyridine rings is 1. The largest absolute Gasteiger partial charge is 0.312 e. The standard InChI is InChI=1S/C15H14N2O/c18-15(11-4-2-1-3-5-11)14-7-6-12-10-16-9-8-13(12)17-14/h1-7,16H,8-10H2. The van der Waals surface area contributed by atoms with E-state index in [1.165, 1.54) is 5.56 Å². The van der Waals surface area contributed by atoms with Crippen molar-refractivity contribution in [1.82, 2.24) is 10.3 Å². The first kappa shape index (κ1) is 11.1. The number of ketones is 1. The monoisotopic (exact) mass is 238 g/mol. The number of nitrogens with zero attached hydrogens (tertiary/aromatic N) is 1. The number of carbonyl (C=O) groups is 1. The highest BCUT2D eigenvalue weighted by atomic mass is 16.1. The first-order valence-electron chi connectivity index (χ1n) is 6.14. The molecule has 1 N–H and O–H groups in total. The highest BCUT2D eigenvalue weighted by Gasteiger charge is 2.15. The van der Waals surface area contributed by atoms with Gasteiger partial charge in [0, 0.05) is 30.8 Å². The molecule has 0 aliphatic carbocycles. The first-order valence-corrected chi connectivity index (χ1v) is 6.14. The van der Waals surface area contributed by atoms with Crippen LogP contribution in [0.3, 0.4) is 0 Å². The SMILES string of the molecule is O=C(c1ccccc1)c1ccc2c(n1)CCNC2. The molecule has 0 unspecified atom stereocenters. The second-order valence-electron chi connectivity index (χ2n) is 4.42. The number of rotatable bonds is 2. The van der Waals surface area contributed by atoms with Crippen molar-refractivity contribution < 1.29 is 4.79 Å². The number of hydrogen-bond donors (Lipinski definition) is 1. The Bertz CT molecular complexity index is 578. The van der Waals surface area contributed by atoms with E-state index in [0.29, 0.717) is 11.3 Å². The Labute approximate surface area is 106 Å². The van der Waals surface area contributed by atoms with Gasteiger partial charge in [-0.1, -0.05) is 36.4 Å². The average Bonchev–Trinajstić information content (AvgIpc) is 2.47. The first-order chi connectivity index (χ1) is 8.84. The second-order valence-corrected chi connectivity index (χ2v) is 4.42. The van der Waals surface area contributed by atoms with Gasteiger partial charge in [0.05, 0.1) is 0 Å². The van der Waals surface area contributed by atoms with E-state index < -0.39 is 0 Å². The average molecular weight is 238 g/mol. The third kappa shape index (κ3) is 2.05. The van der Waals surface area contributed by atoms with E-state index in [1.54, 1.807) is 0 Å². The highest BCUT2D eigenvalue weighted by molar-refractivity contribution is 6.07. The summed E-state index contributed by atoms with van der Waals surface area (Å²) in [5.41, 5.74) is 3.49. The maximum atomic E-state index is 12.3. The smallest absolute Gasteiger partial charge is 0.211 e. The maximum Gasteiger partial charge on any atom is 0.211 e. The third-order valence-corrected chi connectivity index (χ3v) is 3.19. The van der Waals surface area contributed by atoms with E-state index in [0.717, 1.165) is 25.2 Å². The molecule has 18 heavy (non-hydrogen) atoms. The van der Waals surface area contributed by atoms with E-state index in [-0.39, 0.29) is 5.78 Å². The summed E-state index contributed by atoms with van der Waals surface area (Å²) < 4.78 is 0. The molecule has 3 heteroatoms. The van der Waals surface area contributed by atoms with Gasteiger partial charge in [-0.15, -0.1) is 0 Å². The van der Waals surface area contributed by atoms with Gasteiger partial charge in [-0.05, 0) is 11.6 Å². The van der Waals surface area contributed by atoms with E-state index >= 15 is 0 Å². The summed E-state index contributed by atoms with van der Waals surface area (Å²) in [6, 6.07) is 13.1. The Hall–Kier alpha value is -2.00. The molecule has 1 aliphatic rings. The molecule has 0 atom stereocenters. The number of nitrogens with one attached hydrogen (secondary N) is 1. The van der Waals surface area contributed by atoms with Crippen LogP contribution < -0.4 is 5.32 Å². The third-order valence-electron chi connectivity index (χ3n) is 3.19. The van der Waals surface area contributed by atoms with Gasteiger partial charge < -0.3 is 5.32 Å². The van der Waals surface area contributed by atoms with Crippen LogP contribution in [0, 0.1) is 0 Å². The molecule has 0 bridgehead atoms. The lowest BCUT2D eigenvalue weighted by Crippen LogP contribution is -2.25. The molecule has 2 heterocycles. The van der Waals surface area contributed by atoms with Gasteiger partial charge in [0.1, 0.15) is 5.69 Å². The predicted molar refractivity (Wildman–Crippen MR) is 69.5 cm³/mol. The normalized spacial score (nSPS) is 14.0.